The van der Waals surface area contributed by atoms with E-state index >= 15 is 0 Å². The minimum Gasteiger partial charge on any atom is -0.397 e. The Kier molecular flexibility index (Phi) is 2.62. The summed E-state index contributed by atoms with van der Waals surface area (Å²) in [4.78, 5) is 3.95. The molecule has 0 aliphatic carbocycles. The summed E-state index contributed by atoms with van der Waals surface area (Å²) in [5, 5.41) is 7.03. The summed E-state index contributed by atoms with van der Waals surface area (Å²) in [6.07, 6.45) is 2.75. The summed E-state index contributed by atoms with van der Waals surface area (Å²) in [7, 11) is 0. The molecule has 0 radical (unpaired) electrons. The van der Waals surface area contributed by atoms with E-state index in [4.69, 9.17) is 11.1 Å². The fourth-order valence-electron chi connectivity index (χ4n) is 0.630. The van der Waals surface area contributed by atoms with E-state index in [-0.39, 0.29) is 0 Å². The Morgan fingerprint density at radius 2 is 2.18 bits per heavy atom. The number of rotatable bonds is 1. The lowest BCUT2D eigenvalue weighted by atomic mass is 10.2. The molecule has 0 atom stereocenters. The first kappa shape index (κ1) is 8.67. The van der Waals surface area contributed by atoms with Crippen LogP contribution in [0.25, 0.3) is 0 Å². The Hall–Kier alpha value is -0.420. The molecule has 0 saturated carbocycles. The quantitative estimate of drug-likeness (QED) is 0.611. The summed E-state index contributed by atoms with van der Waals surface area (Å²) >= 11 is 6.39. The lowest BCUT2D eigenvalue weighted by Gasteiger charge is -2.02. The molecule has 1 aromatic heterocycles. The molecule has 0 aliphatic heterocycles. The number of nitrogen functional groups attached to an aromatic ring is 1. The molecule has 1 heterocycles. The van der Waals surface area contributed by atoms with Crippen LogP contribution in [0.1, 0.15) is 5.56 Å². The molecule has 0 aromatic carbocycles. The molecule has 3 N–H and O–H groups in total. The number of aromatic nitrogens is 1. The lowest BCUT2D eigenvalue weighted by Crippen LogP contribution is -1.97. The molecule has 0 unspecified atom stereocenters. The highest BCUT2D eigenvalue weighted by molar-refractivity contribution is 9.11. The molecular weight excluding hydrogens is 274 g/mol. The van der Waals surface area contributed by atoms with Crippen LogP contribution in [0.5, 0.6) is 0 Å². The Bertz CT molecular complexity index is 298. The van der Waals surface area contributed by atoms with Crippen LogP contribution in [-0.4, -0.2) is 11.2 Å². The van der Waals surface area contributed by atoms with Crippen LogP contribution in [-0.2, 0) is 0 Å². The summed E-state index contributed by atoms with van der Waals surface area (Å²) in [6, 6.07) is 0. The molecule has 1 aromatic rings. The SMILES string of the molecule is N=Cc1c(Br)ncc(Br)c1N. The summed E-state index contributed by atoms with van der Waals surface area (Å²) in [5.74, 6) is 0. The van der Waals surface area contributed by atoms with Crippen LogP contribution in [0.3, 0.4) is 0 Å². The lowest BCUT2D eigenvalue weighted by molar-refractivity contribution is 1.25. The first-order chi connectivity index (χ1) is 5.16. The second-order valence-corrected chi connectivity index (χ2v) is 3.47. The first-order valence-corrected chi connectivity index (χ1v) is 4.35. The molecule has 0 aliphatic rings. The number of hydrogen-bond donors (Lipinski definition) is 2. The summed E-state index contributed by atoms with van der Waals surface area (Å²) < 4.78 is 1.30. The minimum absolute atomic E-state index is 0.530. The van der Waals surface area contributed by atoms with Gasteiger partial charge < -0.3 is 11.1 Å². The van der Waals surface area contributed by atoms with Crippen molar-refractivity contribution in [2.75, 3.05) is 5.73 Å². The summed E-state index contributed by atoms with van der Waals surface area (Å²) in [6.45, 7) is 0. The van der Waals surface area contributed by atoms with Crippen LogP contribution in [0.4, 0.5) is 5.69 Å². The van der Waals surface area contributed by atoms with Gasteiger partial charge in [-0.3, -0.25) is 0 Å². The van der Waals surface area contributed by atoms with E-state index in [1.165, 1.54) is 0 Å². The van der Waals surface area contributed by atoms with Crippen molar-refractivity contribution in [3.8, 4) is 0 Å². The first-order valence-electron chi connectivity index (χ1n) is 2.76. The zero-order valence-corrected chi connectivity index (χ0v) is 8.61. The number of nitrogens with zero attached hydrogens (tertiary/aromatic N) is 1. The van der Waals surface area contributed by atoms with Crippen LogP contribution >= 0.6 is 31.9 Å². The average Bonchev–Trinajstić information content (AvgIpc) is 1.99. The van der Waals surface area contributed by atoms with Gasteiger partial charge in [0.2, 0.25) is 0 Å². The molecular formula is C6H5Br2N3. The number of pyridine rings is 1. The standard InChI is InChI=1S/C6H5Br2N3/c7-4-2-11-6(8)3(1-9)5(4)10/h1-2,9H,(H2,10,11). The molecule has 58 valence electrons. The maximum Gasteiger partial charge on any atom is 0.116 e. The van der Waals surface area contributed by atoms with Gasteiger partial charge in [0.25, 0.3) is 0 Å². The van der Waals surface area contributed by atoms with Crippen LogP contribution < -0.4 is 5.73 Å². The van der Waals surface area contributed by atoms with Gasteiger partial charge in [-0.15, -0.1) is 0 Å². The molecule has 3 nitrogen and oxygen atoms in total. The third-order valence-corrected chi connectivity index (χ3v) is 2.47. The zero-order valence-electron chi connectivity index (χ0n) is 5.44. The highest BCUT2D eigenvalue weighted by Gasteiger charge is 2.05. The normalized spacial score (nSPS) is 9.64. The third kappa shape index (κ3) is 1.59. The highest BCUT2D eigenvalue weighted by atomic mass is 79.9. The van der Waals surface area contributed by atoms with Gasteiger partial charge in [-0.05, 0) is 31.9 Å². The number of hydrogen-bond acceptors (Lipinski definition) is 3. The summed E-state index contributed by atoms with van der Waals surface area (Å²) in [5.41, 5.74) is 6.75. The van der Waals surface area contributed by atoms with Gasteiger partial charge in [0.15, 0.2) is 0 Å². The van der Waals surface area contributed by atoms with E-state index in [1.807, 2.05) is 0 Å². The van der Waals surface area contributed by atoms with E-state index in [2.05, 4.69) is 36.8 Å². The van der Waals surface area contributed by atoms with Crippen molar-refractivity contribution in [2.24, 2.45) is 0 Å². The Balaban J connectivity index is 3.40. The van der Waals surface area contributed by atoms with Gasteiger partial charge in [0, 0.05) is 18.0 Å². The number of nitrogens with one attached hydrogen (secondary N) is 1. The molecule has 0 amide bonds. The molecule has 0 bridgehead atoms. The largest absolute Gasteiger partial charge is 0.397 e. The van der Waals surface area contributed by atoms with Crippen molar-refractivity contribution in [1.29, 1.82) is 5.41 Å². The van der Waals surface area contributed by atoms with E-state index in [0.717, 1.165) is 6.21 Å². The monoisotopic (exact) mass is 277 g/mol. The van der Waals surface area contributed by atoms with Crippen molar-refractivity contribution in [3.05, 3.63) is 20.8 Å². The Morgan fingerprint density at radius 1 is 1.55 bits per heavy atom. The second-order valence-electron chi connectivity index (χ2n) is 1.87. The van der Waals surface area contributed by atoms with E-state index in [1.54, 1.807) is 6.20 Å². The van der Waals surface area contributed by atoms with Gasteiger partial charge in [0.05, 0.1) is 10.2 Å². The molecule has 1 rings (SSSR count). The van der Waals surface area contributed by atoms with Crippen LogP contribution in [0.15, 0.2) is 15.3 Å². The molecule has 5 heteroatoms. The third-order valence-electron chi connectivity index (χ3n) is 1.21. The number of halogens is 2. The van der Waals surface area contributed by atoms with Crippen molar-refractivity contribution >= 4 is 43.8 Å². The van der Waals surface area contributed by atoms with Crippen molar-refractivity contribution in [3.63, 3.8) is 0 Å². The topological polar surface area (TPSA) is 62.8 Å². The zero-order chi connectivity index (χ0) is 8.43. The van der Waals surface area contributed by atoms with E-state index in [0.29, 0.717) is 20.3 Å². The second kappa shape index (κ2) is 3.32. The Morgan fingerprint density at radius 3 is 2.64 bits per heavy atom. The number of nitrogens with two attached hydrogens (primary N) is 1. The van der Waals surface area contributed by atoms with E-state index < -0.39 is 0 Å². The molecule has 0 saturated heterocycles. The van der Waals surface area contributed by atoms with Crippen molar-refractivity contribution < 1.29 is 0 Å². The van der Waals surface area contributed by atoms with Gasteiger partial charge in [-0.2, -0.15) is 0 Å². The van der Waals surface area contributed by atoms with Gasteiger partial charge >= 0.3 is 0 Å². The molecule has 0 spiro atoms. The minimum atomic E-state index is 0.530. The fraction of sp³-hybridized carbons (Fsp3) is 0. The molecule has 0 fully saturated rings. The maximum atomic E-state index is 7.03. The van der Waals surface area contributed by atoms with Crippen molar-refractivity contribution in [2.45, 2.75) is 0 Å². The van der Waals surface area contributed by atoms with E-state index in [9.17, 15) is 0 Å². The molecule has 11 heavy (non-hydrogen) atoms. The predicted molar refractivity (Wildman–Crippen MR) is 51.9 cm³/mol. The van der Waals surface area contributed by atoms with Crippen LogP contribution in [0, 0.1) is 5.41 Å². The van der Waals surface area contributed by atoms with Crippen LogP contribution in [0.2, 0.25) is 0 Å². The highest BCUT2D eigenvalue weighted by Crippen LogP contribution is 2.25. The smallest absolute Gasteiger partial charge is 0.116 e. The maximum absolute atomic E-state index is 7.03. The van der Waals surface area contributed by atoms with Gasteiger partial charge in [0.1, 0.15) is 4.60 Å². The van der Waals surface area contributed by atoms with Crippen molar-refractivity contribution in [1.82, 2.24) is 4.98 Å². The fourth-order valence-corrected chi connectivity index (χ4v) is 1.38. The van der Waals surface area contributed by atoms with Gasteiger partial charge in [-0.1, -0.05) is 0 Å². The van der Waals surface area contributed by atoms with Gasteiger partial charge in [-0.25, -0.2) is 4.98 Å². The number of anilines is 1. The predicted octanol–water partition coefficient (Wildman–Crippen LogP) is 2.19. The Labute approximate surface area is 80.8 Å². The average molecular weight is 279 g/mol.